The molecular weight excluding hydrogens is 369 g/mol. The van der Waals surface area contributed by atoms with Gasteiger partial charge in [-0.2, -0.15) is 13.2 Å². The number of aromatic hydroxyl groups is 1. The Morgan fingerprint density at radius 2 is 1.48 bits per heavy atom. The van der Waals surface area contributed by atoms with Crippen LogP contribution < -0.4 is 4.74 Å². The average molecular weight is 392 g/mol. The van der Waals surface area contributed by atoms with Crippen LogP contribution in [0.15, 0.2) is 18.2 Å². The molecule has 0 saturated carbocycles. The standard InChI is InChI=1S/C18H23F3O6/c1-9(2)26-16(23)13(17(24)27-10(3)4)14(18(19,20)21)11-7-6-8-12(25-5)15(11)22/h6-10,13-14,22H,1-5H3/t14-/m0/s1. The van der Waals surface area contributed by atoms with E-state index in [4.69, 9.17) is 14.2 Å². The molecule has 0 spiro atoms. The summed E-state index contributed by atoms with van der Waals surface area (Å²) >= 11 is 0. The third-order valence-corrected chi connectivity index (χ3v) is 3.48. The topological polar surface area (TPSA) is 82.1 Å². The van der Waals surface area contributed by atoms with Gasteiger partial charge in [0.15, 0.2) is 17.4 Å². The molecule has 0 unspecified atom stereocenters. The molecule has 6 nitrogen and oxygen atoms in total. The number of benzene rings is 1. The van der Waals surface area contributed by atoms with Crippen LogP contribution in [0, 0.1) is 5.92 Å². The van der Waals surface area contributed by atoms with Gasteiger partial charge in [0.1, 0.15) is 5.92 Å². The number of esters is 2. The van der Waals surface area contributed by atoms with Crippen LogP contribution in [-0.4, -0.2) is 42.5 Å². The van der Waals surface area contributed by atoms with Gasteiger partial charge in [0.05, 0.1) is 19.3 Å². The molecule has 0 saturated heterocycles. The summed E-state index contributed by atoms with van der Waals surface area (Å²) in [5.41, 5.74) is -0.687. The van der Waals surface area contributed by atoms with E-state index in [9.17, 15) is 27.9 Å². The number of methoxy groups -OCH3 is 1. The van der Waals surface area contributed by atoms with Crippen LogP contribution in [0.3, 0.4) is 0 Å². The van der Waals surface area contributed by atoms with E-state index in [1.165, 1.54) is 46.9 Å². The molecule has 1 atom stereocenters. The lowest BCUT2D eigenvalue weighted by Crippen LogP contribution is -2.41. The van der Waals surface area contributed by atoms with Gasteiger partial charge >= 0.3 is 18.1 Å². The molecule has 1 aromatic carbocycles. The summed E-state index contributed by atoms with van der Waals surface area (Å²) in [4.78, 5) is 24.7. The summed E-state index contributed by atoms with van der Waals surface area (Å²) in [6, 6.07) is 3.43. The van der Waals surface area contributed by atoms with Crippen LogP contribution in [-0.2, 0) is 19.1 Å². The molecule has 1 N–H and O–H groups in total. The van der Waals surface area contributed by atoms with Gasteiger partial charge in [-0.1, -0.05) is 12.1 Å². The van der Waals surface area contributed by atoms with Crippen molar-refractivity contribution >= 4 is 11.9 Å². The third-order valence-electron chi connectivity index (χ3n) is 3.48. The van der Waals surface area contributed by atoms with Crippen LogP contribution in [0.4, 0.5) is 13.2 Å². The molecule has 0 aliphatic heterocycles. The summed E-state index contributed by atoms with van der Waals surface area (Å²) in [6.45, 7) is 5.76. The zero-order chi connectivity index (χ0) is 20.9. The molecule has 0 aromatic heterocycles. The SMILES string of the molecule is COc1cccc([C@@H](C(C(=O)OC(C)C)C(=O)OC(C)C)C(F)(F)F)c1O. The maximum atomic E-state index is 13.9. The van der Waals surface area contributed by atoms with Crippen LogP contribution in [0.2, 0.25) is 0 Å². The van der Waals surface area contributed by atoms with E-state index in [0.717, 1.165) is 6.07 Å². The highest BCUT2D eigenvalue weighted by Crippen LogP contribution is 2.47. The van der Waals surface area contributed by atoms with Gasteiger partial charge in [-0.15, -0.1) is 0 Å². The summed E-state index contributed by atoms with van der Waals surface area (Å²) in [5, 5.41) is 10.2. The van der Waals surface area contributed by atoms with Crippen LogP contribution in [0.1, 0.15) is 39.2 Å². The first-order chi connectivity index (χ1) is 12.4. The van der Waals surface area contributed by atoms with E-state index in [2.05, 4.69) is 0 Å². The number of para-hydroxylation sites is 1. The Bertz CT molecular complexity index is 648. The lowest BCUT2D eigenvalue weighted by molar-refractivity contribution is -0.192. The molecule has 152 valence electrons. The van der Waals surface area contributed by atoms with Gasteiger partial charge in [0.2, 0.25) is 0 Å². The second-order valence-corrected chi connectivity index (χ2v) is 6.37. The van der Waals surface area contributed by atoms with Crippen molar-refractivity contribution in [3.05, 3.63) is 23.8 Å². The zero-order valence-corrected chi connectivity index (χ0v) is 15.7. The normalized spacial score (nSPS) is 13.0. The largest absolute Gasteiger partial charge is 0.504 e. The number of ether oxygens (including phenoxy) is 3. The molecular formula is C18H23F3O6. The van der Waals surface area contributed by atoms with Gasteiger partial charge < -0.3 is 19.3 Å². The van der Waals surface area contributed by atoms with E-state index in [0.29, 0.717) is 0 Å². The van der Waals surface area contributed by atoms with E-state index in [-0.39, 0.29) is 5.75 Å². The number of hydrogen-bond acceptors (Lipinski definition) is 6. The number of phenolic OH excluding ortho intramolecular Hbond substituents is 1. The Morgan fingerprint density at radius 1 is 1.00 bits per heavy atom. The molecule has 0 fully saturated rings. The Balaban J connectivity index is 3.57. The minimum atomic E-state index is -5.06. The van der Waals surface area contributed by atoms with Crippen molar-refractivity contribution in [2.45, 2.75) is 52.0 Å². The van der Waals surface area contributed by atoms with Crippen molar-refractivity contribution < 1.29 is 42.1 Å². The van der Waals surface area contributed by atoms with E-state index < -0.39 is 53.5 Å². The van der Waals surface area contributed by atoms with E-state index in [1.54, 1.807) is 0 Å². The minimum Gasteiger partial charge on any atom is -0.504 e. The maximum absolute atomic E-state index is 13.9. The lowest BCUT2D eigenvalue weighted by atomic mass is 9.84. The summed E-state index contributed by atoms with van der Waals surface area (Å²) in [7, 11) is 1.17. The highest BCUT2D eigenvalue weighted by Gasteiger charge is 2.54. The molecule has 27 heavy (non-hydrogen) atoms. The van der Waals surface area contributed by atoms with Gasteiger partial charge in [-0.05, 0) is 33.8 Å². The molecule has 0 aliphatic carbocycles. The second kappa shape index (κ2) is 8.96. The fraction of sp³-hybridized carbons (Fsp3) is 0.556. The van der Waals surface area contributed by atoms with Crippen molar-refractivity contribution in [1.29, 1.82) is 0 Å². The fourth-order valence-electron chi connectivity index (χ4n) is 2.48. The van der Waals surface area contributed by atoms with Crippen molar-refractivity contribution in [2.75, 3.05) is 7.11 Å². The predicted octanol–water partition coefficient (Wildman–Crippen LogP) is 3.57. The first-order valence-corrected chi connectivity index (χ1v) is 8.23. The molecule has 1 aromatic rings. The first-order valence-electron chi connectivity index (χ1n) is 8.23. The molecule has 0 radical (unpaired) electrons. The Kier molecular flexibility index (Phi) is 7.50. The van der Waals surface area contributed by atoms with Crippen molar-refractivity contribution in [3.8, 4) is 11.5 Å². The molecule has 0 heterocycles. The highest BCUT2D eigenvalue weighted by atomic mass is 19.4. The van der Waals surface area contributed by atoms with Crippen LogP contribution >= 0.6 is 0 Å². The van der Waals surface area contributed by atoms with E-state index in [1.807, 2.05) is 0 Å². The van der Waals surface area contributed by atoms with Crippen molar-refractivity contribution in [3.63, 3.8) is 0 Å². The highest BCUT2D eigenvalue weighted by molar-refractivity contribution is 5.96. The quantitative estimate of drug-likeness (QED) is 0.564. The monoisotopic (exact) mass is 392 g/mol. The average Bonchev–Trinajstić information content (AvgIpc) is 2.50. The molecule has 0 aliphatic rings. The third kappa shape index (κ3) is 5.77. The number of hydrogen-bond donors (Lipinski definition) is 1. The number of carbonyl (C=O) groups is 2. The molecule has 0 amide bonds. The zero-order valence-electron chi connectivity index (χ0n) is 15.7. The number of halogens is 3. The Morgan fingerprint density at radius 3 is 1.85 bits per heavy atom. The lowest BCUT2D eigenvalue weighted by Gasteiger charge is -2.28. The number of rotatable bonds is 7. The Hall–Kier alpha value is -2.45. The van der Waals surface area contributed by atoms with Crippen LogP contribution in [0.25, 0.3) is 0 Å². The first kappa shape index (κ1) is 22.6. The van der Waals surface area contributed by atoms with E-state index >= 15 is 0 Å². The predicted molar refractivity (Wildman–Crippen MR) is 89.4 cm³/mol. The van der Waals surface area contributed by atoms with Crippen molar-refractivity contribution in [1.82, 2.24) is 0 Å². The minimum absolute atomic E-state index is 0.227. The summed E-state index contributed by atoms with van der Waals surface area (Å²) in [6.07, 6.45) is -6.56. The molecule has 1 rings (SSSR count). The summed E-state index contributed by atoms with van der Waals surface area (Å²) < 4.78 is 56.2. The maximum Gasteiger partial charge on any atom is 0.397 e. The second-order valence-electron chi connectivity index (χ2n) is 6.37. The van der Waals surface area contributed by atoms with Gasteiger partial charge in [-0.25, -0.2) is 0 Å². The molecule has 9 heteroatoms. The number of phenols is 1. The number of alkyl halides is 3. The van der Waals surface area contributed by atoms with Crippen LogP contribution in [0.5, 0.6) is 11.5 Å². The van der Waals surface area contributed by atoms with Gasteiger partial charge in [0.25, 0.3) is 0 Å². The Labute approximate surface area is 155 Å². The number of carbonyl (C=O) groups excluding carboxylic acids is 2. The molecule has 0 bridgehead atoms. The van der Waals surface area contributed by atoms with Gasteiger partial charge in [-0.3, -0.25) is 9.59 Å². The summed E-state index contributed by atoms with van der Waals surface area (Å²) in [5.74, 6) is -8.84. The smallest absolute Gasteiger partial charge is 0.397 e. The fourth-order valence-corrected chi connectivity index (χ4v) is 2.48. The van der Waals surface area contributed by atoms with Crippen molar-refractivity contribution in [2.24, 2.45) is 5.92 Å². The van der Waals surface area contributed by atoms with Gasteiger partial charge in [0, 0.05) is 5.56 Å².